The second-order valence-electron chi connectivity index (χ2n) is 4.85. The number of aryl methyl sites for hydroxylation is 1. The predicted molar refractivity (Wildman–Crippen MR) is 70.2 cm³/mol. The Labute approximate surface area is 103 Å². The normalized spacial score (nSPS) is 11.1. The number of nitrogens with zero attached hydrogens (tertiary/aromatic N) is 2. The third-order valence-corrected chi connectivity index (χ3v) is 2.68. The maximum Gasteiger partial charge on any atom is 0.253 e. The van der Waals surface area contributed by atoms with E-state index in [0.29, 0.717) is 6.54 Å². The van der Waals surface area contributed by atoms with Crippen LogP contribution in [0.3, 0.4) is 0 Å². The van der Waals surface area contributed by atoms with Crippen molar-refractivity contribution in [3.8, 4) is 0 Å². The zero-order valence-electron chi connectivity index (χ0n) is 11.1. The molecule has 0 spiro atoms. The van der Waals surface area contributed by atoms with Gasteiger partial charge in [-0.05, 0) is 32.2 Å². The molecule has 1 heterocycles. The van der Waals surface area contributed by atoms with Gasteiger partial charge in [0.05, 0.1) is 6.33 Å². The minimum Gasteiger partial charge on any atom is -0.315 e. The molecule has 0 aliphatic rings. The van der Waals surface area contributed by atoms with Gasteiger partial charge in [-0.3, -0.25) is 9.36 Å². The van der Waals surface area contributed by atoms with Crippen LogP contribution >= 0.6 is 0 Å². The van der Waals surface area contributed by atoms with E-state index < -0.39 is 0 Å². The first-order chi connectivity index (χ1) is 8.09. The average molecular weight is 237 g/mol. The van der Waals surface area contributed by atoms with Crippen LogP contribution in [0.4, 0.5) is 0 Å². The van der Waals surface area contributed by atoms with Crippen LogP contribution in [0.1, 0.15) is 32.4 Å². The van der Waals surface area contributed by atoms with E-state index in [1.165, 1.54) is 12.8 Å². The van der Waals surface area contributed by atoms with E-state index in [1.54, 1.807) is 17.0 Å². The number of hydrogen-bond donors (Lipinski definition) is 1. The van der Waals surface area contributed by atoms with Gasteiger partial charge in [0.1, 0.15) is 0 Å². The zero-order valence-corrected chi connectivity index (χ0v) is 11.1. The van der Waals surface area contributed by atoms with Crippen molar-refractivity contribution in [3.63, 3.8) is 0 Å². The maximum absolute atomic E-state index is 11.5. The Balaban J connectivity index is 2.20. The van der Waals surface area contributed by atoms with Crippen molar-refractivity contribution in [2.75, 3.05) is 13.1 Å². The van der Waals surface area contributed by atoms with E-state index in [9.17, 15) is 4.79 Å². The van der Waals surface area contributed by atoms with E-state index in [2.05, 4.69) is 24.1 Å². The molecule has 96 valence electrons. The van der Waals surface area contributed by atoms with Crippen LogP contribution < -0.4 is 10.9 Å². The first-order valence-electron chi connectivity index (χ1n) is 6.33. The number of rotatable bonds is 7. The largest absolute Gasteiger partial charge is 0.315 e. The molecular formula is C13H23N3O. The summed E-state index contributed by atoms with van der Waals surface area (Å²) in [6.45, 7) is 8.83. The number of aromatic nitrogens is 2. The van der Waals surface area contributed by atoms with Crippen molar-refractivity contribution < 1.29 is 0 Å². The second-order valence-corrected chi connectivity index (χ2v) is 4.85. The monoisotopic (exact) mass is 237 g/mol. The molecule has 0 amide bonds. The van der Waals surface area contributed by atoms with Gasteiger partial charge in [-0.2, -0.15) is 0 Å². The second kappa shape index (κ2) is 7.22. The Morgan fingerprint density at radius 3 is 2.82 bits per heavy atom. The quantitative estimate of drug-likeness (QED) is 0.732. The third kappa shape index (κ3) is 5.63. The van der Waals surface area contributed by atoms with E-state index in [-0.39, 0.29) is 5.56 Å². The minimum absolute atomic E-state index is 0.0291. The molecule has 0 bridgehead atoms. The highest BCUT2D eigenvalue weighted by atomic mass is 16.1. The first kappa shape index (κ1) is 13.9. The fraction of sp³-hybridized carbons (Fsp3) is 0.692. The molecule has 1 aromatic heterocycles. The molecule has 0 saturated heterocycles. The summed E-state index contributed by atoms with van der Waals surface area (Å²) in [6.07, 6.45) is 4.06. The minimum atomic E-state index is 0.0291. The van der Waals surface area contributed by atoms with Crippen molar-refractivity contribution in [1.29, 1.82) is 0 Å². The summed E-state index contributed by atoms with van der Waals surface area (Å²) < 4.78 is 1.64. The fourth-order valence-electron chi connectivity index (χ4n) is 1.64. The van der Waals surface area contributed by atoms with Gasteiger partial charge < -0.3 is 5.32 Å². The Bertz CT molecular complexity index is 384. The maximum atomic E-state index is 11.5. The predicted octanol–water partition coefficient (Wildman–Crippen LogP) is 1.58. The van der Waals surface area contributed by atoms with Crippen molar-refractivity contribution in [2.45, 2.75) is 40.2 Å². The van der Waals surface area contributed by atoms with Gasteiger partial charge in [-0.25, -0.2) is 4.98 Å². The molecule has 17 heavy (non-hydrogen) atoms. The molecule has 0 aromatic carbocycles. The lowest BCUT2D eigenvalue weighted by Gasteiger charge is -2.08. The fourth-order valence-corrected chi connectivity index (χ4v) is 1.64. The third-order valence-electron chi connectivity index (χ3n) is 2.68. The molecule has 0 aliphatic carbocycles. The zero-order chi connectivity index (χ0) is 12.7. The van der Waals surface area contributed by atoms with Gasteiger partial charge in [0.25, 0.3) is 5.56 Å². The summed E-state index contributed by atoms with van der Waals surface area (Å²) in [5, 5.41) is 3.34. The van der Waals surface area contributed by atoms with Crippen molar-refractivity contribution >= 4 is 0 Å². The SMILES string of the molecule is Cc1cc(=O)n(CCNCCCC(C)C)cn1. The van der Waals surface area contributed by atoms with Gasteiger partial charge in [0, 0.05) is 24.8 Å². The Morgan fingerprint density at radius 2 is 2.18 bits per heavy atom. The molecule has 0 fully saturated rings. The van der Waals surface area contributed by atoms with Gasteiger partial charge in [0.2, 0.25) is 0 Å². The van der Waals surface area contributed by atoms with Crippen LogP contribution in [0.5, 0.6) is 0 Å². The summed E-state index contributed by atoms with van der Waals surface area (Å²) in [4.78, 5) is 15.7. The molecule has 0 saturated carbocycles. The molecular weight excluding hydrogens is 214 g/mol. The average Bonchev–Trinajstić information content (AvgIpc) is 2.25. The summed E-state index contributed by atoms with van der Waals surface area (Å²) >= 11 is 0. The van der Waals surface area contributed by atoms with E-state index in [1.807, 2.05) is 6.92 Å². The van der Waals surface area contributed by atoms with Gasteiger partial charge in [-0.1, -0.05) is 13.8 Å². The Morgan fingerprint density at radius 1 is 1.41 bits per heavy atom. The Kier molecular flexibility index (Phi) is 5.91. The lowest BCUT2D eigenvalue weighted by molar-refractivity contribution is 0.511. The van der Waals surface area contributed by atoms with Crippen molar-refractivity contribution in [2.24, 2.45) is 5.92 Å². The Hall–Kier alpha value is -1.16. The highest BCUT2D eigenvalue weighted by molar-refractivity contribution is 4.95. The van der Waals surface area contributed by atoms with Crippen LogP contribution in [0.2, 0.25) is 0 Å². The molecule has 4 heteroatoms. The molecule has 0 atom stereocenters. The van der Waals surface area contributed by atoms with Crippen molar-refractivity contribution in [1.82, 2.24) is 14.9 Å². The highest BCUT2D eigenvalue weighted by Gasteiger charge is 1.97. The molecule has 0 unspecified atom stereocenters. The van der Waals surface area contributed by atoms with Crippen LogP contribution in [-0.4, -0.2) is 22.6 Å². The lowest BCUT2D eigenvalue weighted by atomic mass is 10.1. The summed E-state index contributed by atoms with van der Waals surface area (Å²) in [5.74, 6) is 0.765. The molecule has 1 aromatic rings. The smallest absolute Gasteiger partial charge is 0.253 e. The number of hydrogen-bond acceptors (Lipinski definition) is 3. The van der Waals surface area contributed by atoms with Crippen LogP contribution in [0.15, 0.2) is 17.2 Å². The van der Waals surface area contributed by atoms with Crippen molar-refractivity contribution in [3.05, 3.63) is 28.4 Å². The van der Waals surface area contributed by atoms with Crippen LogP contribution in [0, 0.1) is 12.8 Å². The van der Waals surface area contributed by atoms with Crippen LogP contribution in [-0.2, 0) is 6.54 Å². The van der Waals surface area contributed by atoms with E-state index in [0.717, 1.165) is 24.7 Å². The first-order valence-corrected chi connectivity index (χ1v) is 6.33. The van der Waals surface area contributed by atoms with Gasteiger partial charge in [-0.15, -0.1) is 0 Å². The highest BCUT2D eigenvalue weighted by Crippen LogP contribution is 2.01. The van der Waals surface area contributed by atoms with E-state index in [4.69, 9.17) is 0 Å². The number of nitrogens with one attached hydrogen (secondary N) is 1. The molecule has 0 aliphatic heterocycles. The summed E-state index contributed by atoms with van der Waals surface area (Å²) in [7, 11) is 0. The molecule has 1 N–H and O–H groups in total. The topological polar surface area (TPSA) is 46.9 Å². The van der Waals surface area contributed by atoms with Crippen LogP contribution in [0.25, 0.3) is 0 Å². The lowest BCUT2D eigenvalue weighted by Crippen LogP contribution is -2.27. The van der Waals surface area contributed by atoms with E-state index >= 15 is 0 Å². The molecule has 1 rings (SSSR count). The summed E-state index contributed by atoms with van der Waals surface area (Å²) in [5.41, 5.74) is 0.803. The standard InChI is InChI=1S/C13H23N3O/c1-11(2)5-4-6-14-7-8-16-10-15-12(3)9-13(16)17/h9-11,14H,4-8H2,1-3H3. The summed E-state index contributed by atoms with van der Waals surface area (Å²) in [6, 6.07) is 1.57. The van der Waals surface area contributed by atoms with Gasteiger partial charge in [0.15, 0.2) is 0 Å². The van der Waals surface area contributed by atoms with Gasteiger partial charge >= 0.3 is 0 Å². The molecule has 0 radical (unpaired) electrons. The molecule has 4 nitrogen and oxygen atoms in total.